The van der Waals surface area contributed by atoms with Crippen molar-refractivity contribution in [3.8, 4) is 11.1 Å². The van der Waals surface area contributed by atoms with Gasteiger partial charge in [-0.3, -0.25) is 14.5 Å². The zero-order chi connectivity index (χ0) is 21.2. The summed E-state index contributed by atoms with van der Waals surface area (Å²) >= 11 is 0. The predicted molar refractivity (Wildman–Crippen MR) is 103 cm³/mol. The van der Waals surface area contributed by atoms with Crippen molar-refractivity contribution in [2.75, 3.05) is 10.5 Å². The number of rotatable bonds is 6. The Labute approximate surface area is 165 Å². The Morgan fingerprint density at radius 2 is 1.86 bits per heavy atom. The van der Waals surface area contributed by atoms with E-state index in [-0.39, 0.29) is 22.9 Å². The lowest BCUT2D eigenvalue weighted by atomic mass is 10.1. The molecule has 3 aromatic rings. The number of aromatic nitrogens is 2. The normalized spacial score (nSPS) is 11.3. The maximum Gasteiger partial charge on any atom is 0.265 e. The van der Waals surface area contributed by atoms with Crippen LogP contribution in [0.4, 0.5) is 20.3 Å². The molecule has 0 aliphatic heterocycles. The van der Waals surface area contributed by atoms with Crippen LogP contribution in [0.15, 0.2) is 53.7 Å². The van der Waals surface area contributed by atoms with Gasteiger partial charge in [0.1, 0.15) is 28.1 Å². The number of halogens is 2. The molecule has 0 saturated heterocycles. The molecule has 0 spiro atoms. The van der Waals surface area contributed by atoms with Gasteiger partial charge in [0.25, 0.3) is 10.0 Å². The number of nitrogen functional groups attached to an aromatic ring is 1. The summed E-state index contributed by atoms with van der Waals surface area (Å²) in [4.78, 5) is 18.9. The Morgan fingerprint density at radius 3 is 2.55 bits per heavy atom. The van der Waals surface area contributed by atoms with Crippen LogP contribution in [-0.4, -0.2) is 24.2 Å². The molecule has 0 aliphatic rings. The van der Waals surface area contributed by atoms with Gasteiger partial charge in [0.05, 0.1) is 5.69 Å². The Balaban J connectivity index is 1.99. The van der Waals surface area contributed by atoms with Crippen LogP contribution in [0.25, 0.3) is 11.1 Å². The number of sulfonamides is 1. The van der Waals surface area contributed by atoms with Crippen molar-refractivity contribution in [3.05, 3.63) is 66.1 Å². The Kier molecular flexibility index (Phi) is 5.55. The first-order valence-electron chi connectivity index (χ1n) is 8.34. The topological polar surface area (TPSA) is 115 Å². The van der Waals surface area contributed by atoms with Crippen LogP contribution >= 0.6 is 0 Å². The van der Waals surface area contributed by atoms with E-state index in [1.807, 2.05) is 4.72 Å². The fraction of sp³-hybridized carbons (Fsp3) is 0.105. The molecular weight excluding hydrogens is 402 g/mol. The second-order valence-corrected chi connectivity index (χ2v) is 7.90. The van der Waals surface area contributed by atoms with E-state index in [0.717, 1.165) is 12.1 Å². The first-order chi connectivity index (χ1) is 13.7. The summed E-state index contributed by atoms with van der Waals surface area (Å²) in [6, 6.07) is 6.99. The lowest BCUT2D eigenvalue weighted by Crippen LogP contribution is -2.16. The quantitative estimate of drug-likeness (QED) is 0.636. The number of hydrogen-bond donors (Lipinski definition) is 2. The van der Waals surface area contributed by atoms with Crippen molar-refractivity contribution in [1.82, 2.24) is 9.97 Å². The lowest BCUT2D eigenvalue weighted by Gasteiger charge is -2.12. The molecule has 3 N–H and O–H groups in total. The van der Waals surface area contributed by atoms with Gasteiger partial charge in [0.2, 0.25) is 0 Å². The van der Waals surface area contributed by atoms with Crippen molar-refractivity contribution in [3.63, 3.8) is 0 Å². The van der Waals surface area contributed by atoms with Gasteiger partial charge in [-0.2, -0.15) is 0 Å². The number of ketones is 1. The monoisotopic (exact) mass is 418 g/mol. The minimum absolute atomic E-state index is 0.0705. The van der Waals surface area contributed by atoms with Crippen molar-refractivity contribution < 1.29 is 22.0 Å². The van der Waals surface area contributed by atoms with Gasteiger partial charge in [0, 0.05) is 36.1 Å². The van der Waals surface area contributed by atoms with Crippen LogP contribution < -0.4 is 10.5 Å². The molecule has 10 heteroatoms. The van der Waals surface area contributed by atoms with Gasteiger partial charge < -0.3 is 5.73 Å². The second-order valence-electron chi connectivity index (χ2n) is 6.25. The highest BCUT2D eigenvalue weighted by atomic mass is 32.2. The molecule has 150 valence electrons. The molecule has 3 rings (SSSR count). The molecule has 0 aliphatic carbocycles. The number of Topliss-reactive ketones (excluding diaryl/α,β-unsaturated/α-hetero) is 1. The van der Waals surface area contributed by atoms with E-state index in [0.29, 0.717) is 22.9 Å². The van der Waals surface area contributed by atoms with Crippen molar-refractivity contribution in [2.24, 2.45) is 0 Å². The molecule has 7 nitrogen and oxygen atoms in total. The number of pyridine rings is 2. The SMILES string of the molecule is CC(=O)Cc1cc(-c2cnc(N)c(S(=O)(=O)Nc3ccc(F)cc3F)c2)ccn1. The molecule has 0 bridgehead atoms. The summed E-state index contributed by atoms with van der Waals surface area (Å²) in [6.45, 7) is 1.43. The van der Waals surface area contributed by atoms with E-state index in [2.05, 4.69) is 9.97 Å². The van der Waals surface area contributed by atoms with Crippen molar-refractivity contribution in [1.29, 1.82) is 0 Å². The molecule has 2 heterocycles. The predicted octanol–water partition coefficient (Wildman–Crippen LogP) is 2.94. The van der Waals surface area contributed by atoms with Crippen molar-refractivity contribution >= 4 is 27.3 Å². The maximum atomic E-state index is 13.8. The van der Waals surface area contributed by atoms with Crippen LogP contribution in [0, 0.1) is 11.6 Å². The van der Waals surface area contributed by atoms with E-state index in [1.165, 1.54) is 25.4 Å². The molecule has 0 saturated carbocycles. The third-order valence-corrected chi connectivity index (χ3v) is 5.32. The fourth-order valence-corrected chi connectivity index (χ4v) is 3.78. The Morgan fingerprint density at radius 1 is 1.10 bits per heavy atom. The standard InChI is InChI=1S/C19H16F2N4O3S/c1-11(26)6-15-7-12(4-5-23-15)13-8-18(19(22)24-10-13)29(27,28)25-17-3-2-14(20)9-16(17)21/h2-5,7-10,25H,6H2,1H3,(H2,22,24). The maximum absolute atomic E-state index is 13.8. The van der Waals surface area contributed by atoms with Crippen molar-refractivity contribution in [2.45, 2.75) is 18.2 Å². The average molecular weight is 418 g/mol. The summed E-state index contributed by atoms with van der Waals surface area (Å²) in [6.07, 6.45) is 3.00. The van der Waals surface area contributed by atoms with Gasteiger partial charge >= 0.3 is 0 Å². The van der Waals surface area contributed by atoms with Gasteiger partial charge in [-0.1, -0.05) is 0 Å². The number of nitrogens with two attached hydrogens (primary N) is 1. The van der Waals surface area contributed by atoms with Gasteiger partial charge in [-0.05, 0) is 42.8 Å². The van der Waals surface area contributed by atoms with E-state index in [4.69, 9.17) is 5.73 Å². The minimum Gasteiger partial charge on any atom is -0.383 e. The van der Waals surface area contributed by atoms with Crippen LogP contribution in [0.1, 0.15) is 12.6 Å². The number of benzene rings is 1. The Bertz CT molecular complexity index is 1200. The zero-order valence-corrected chi connectivity index (χ0v) is 16.0. The highest BCUT2D eigenvalue weighted by Crippen LogP contribution is 2.27. The smallest absolute Gasteiger partial charge is 0.265 e. The van der Waals surface area contributed by atoms with Gasteiger partial charge in [-0.15, -0.1) is 0 Å². The van der Waals surface area contributed by atoms with E-state index in [1.54, 1.807) is 12.1 Å². The summed E-state index contributed by atoms with van der Waals surface area (Å²) in [5.74, 6) is -2.27. The van der Waals surface area contributed by atoms with E-state index in [9.17, 15) is 22.0 Å². The minimum atomic E-state index is -4.31. The average Bonchev–Trinajstić information content (AvgIpc) is 2.64. The van der Waals surface area contributed by atoms with Crippen LogP contribution in [0.5, 0.6) is 0 Å². The summed E-state index contributed by atoms with van der Waals surface area (Å²) in [5.41, 5.74) is 6.80. The zero-order valence-electron chi connectivity index (χ0n) is 15.2. The molecule has 2 aromatic heterocycles. The number of nitrogens with zero attached hydrogens (tertiary/aromatic N) is 2. The number of carbonyl (C=O) groups excluding carboxylic acids is 1. The molecule has 0 radical (unpaired) electrons. The van der Waals surface area contributed by atoms with Crippen LogP contribution in [0.3, 0.4) is 0 Å². The third kappa shape index (κ3) is 4.72. The van der Waals surface area contributed by atoms with Gasteiger partial charge in [0.15, 0.2) is 0 Å². The molecule has 0 unspecified atom stereocenters. The molecule has 1 aromatic carbocycles. The first kappa shape index (κ1) is 20.3. The number of carbonyl (C=O) groups is 1. The first-order valence-corrected chi connectivity index (χ1v) is 9.82. The third-order valence-electron chi connectivity index (χ3n) is 3.93. The summed E-state index contributed by atoms with van der Waals surface area (Å²) in [5, 5.41) is 0. The highest BCUT2D eigenvalue weighted by molar-refractivity contribution is 7.92. The number of hydrogen-bond acceptors (Lipinski definition) is 6. The van der Waals surface area contributed by atoms with E-state index < -0.39 is 27.3 Å². The largest absolute Gasteiger partial charge is 0.383 e. The molecule has 0 atom stereocenters. The van der Waals surface area contributed by atoms with Crippen LogP contribution in [0.2, 0.25) is 0 Å². The summed E-state index contributed by atoms with van der Waals surface area (Å²) in [7, 11) is -4.31. The molecule has 0 amide bonds. The molecular formula is C19H16F2N4O3S. The van der Waals surface area contributed by atoms with Gasteiger partial charge in [-0.25, -0.2) is 22.2 Å². The van der Waals surface area contributed by atoms with Crippen LogP contribution in [-0.2, 0) is 21.2 Å². The fourth-order valence-electron chi connectivity index (χ4n) is 2.61. The number of nitrogens with one attached hydrogen (secondary N) is 1. The summed E-state index contributed by atoms with van der Waals surface area (Å²) < 4.78 is 54.3. The highest BCUT2D eigenvalue weighted by Gasteiger charge is 2.21. The second kappa shape index (κ2) is 7.92. The number of anilines is 2. The molecule has 0 fully saturated rings. The molecule has 29 heavy (non-hydrogen) atoms. The van der Waals surface area contributed by atoms with E-state index >= 15 is 0 Å². The Hall–Kier alpha value is -3.40. The lowest BCUT2D eigenvalue weighted by molar-refractivity contribution is -0.116.